The lowest BCUT2D eigenvalue weighted by Gasteiger charge is -2.28. The Morgan fingerprint density at radius 2 is 1.64 bits per heavy atom. The lowest BCUT2D eigenvalue weighted by Crippen LogP contribution is -2.34. The monoisotopic (exact) mass is 420 g/mol. The van der Waals surface area contributed by atoms with E-state index in [1.54, 1.807) is 4.31 Å². The summed E-state index contributed by atoms with van der Waals surface area (Å²) in [6.07, 6.45) is 0. The molecular weight excluding hydrogens is 392 g/mol. The molecule has 2 aromatic carbocycles. The number of hydrogen-bond acceptors (Lipinski definition) is 3. The first-order valence-electron chi connectivity index (χ1n) is 9.62. The van der Waals surface area contributed by atoms with Crippen molar-refractivity contribution in [2.75, 3.05) is 26.7 Å². The number of likely N-dealkylation sites (tertiary alicyclic amines) is 1. The number of aryl methyl sites for hydroxylation is 3. The summed E-state index contributed by atoms with van der Waals surface area (Å²) < 4.78 is 28.4. The first-order valence-corrected chi connectivity index (χ1v) is 11.1. The molecular formula is C22H29ClN2O2S. The van der Waals surface area contributed by atoms with E-state index in [0.29, 0.717) is 29.8 Å². The van der Waals surface area contributed by atoms with Crippen molar-refractivity contribution in [1.82, 2.24) is 9.21 Å². The van der Waals surface area contributed by atoms with E-state index in [4.69, 9.17) is 0 Å². The van der Waals surface area contributed by atoms with Gasteiger partial charge in [-0.2, -0.15) is 4.31 Å². The van der Waals surface area contributed by atoms with Gasteiger partial charge in [-0.25, -0.2) is 8.42 Å². The Kier molecular flexibility index (Phi) is 5.93. The third-order valence-electron chi connectivity index (χ3n) is 6.33. The van der Waals surface area contributed by atoms with Crippen molar-refractivity contribution in [3.63, 3.8) is 0 Å². The second kappa shape index (κ2) is 7.79. The van der Waals surface area contributed by atoms with Crippen molar-refractivity contribution in [3.8, 4) is 0 Å². The summed E-state index contributed by atoms with van der Waals surface area (Å²) in [5.74, 6) is 0.732. The van der Waals surface area contributed by atoms with Crippen molar-refractivity contribution < 1.29 is 8.42 Å². The van der Waals surface area contributed by atoms with Gasteiger partial charge < -0.3 is 0 Å². The molecule has 4 nitrogen and oxygen atoms in total. The maximum atomic E-state index is 13.3. The van der Waals surface area contributed by atoms with Crippen LogP contribution in [0.15, 0.2) is 47.4 Å². The molecule has 2 aliphatic rings. The van der Waals surface area contributed by atoms with Crippen LogP contribution in [0.3, 0.4) is 0 Å². The average Bonchev–Trinajstić information content (AvgIpc) is 3.15. The summed E-state index contributed by atoms with van der Waals surface area (Å²) in [7, 11) is -1.29. The highest BCUT2D eigenvalue weighted by molar-refractivity contribution is 7.89. The average molecular weight is 421 g/mol. The molecule has 6 heteroatoms. The SMILES string of the molecule is Cc1ccc(C)c(S(=O)(=O)N2C[C@@H]3CN(C)[C@@H](c4ccccc4C)[C@@H]3C2)c1.Cl. The van der Waals surface area contributed by atoms with Gasteiger partial charge in [-0.3, -0.25) is 4.90 Å². The molecule has 0 N–H and O–H groups in total. The second-order valence-corrected chi connectivity index (χ2v) is 10.2. The second-order valence-electron chi connectivity index (χ2n) is 8.26. The predicted octanol–water partition coefficient (Wildman–Crippen LogP) is 3.96. The van der Waals surface area contributed by atoms with Gasteiger partial charge >= 0.3 is 0 Å². The molecule has 0 saturated carbocycles. The van der Waals surface area contributed by atoms with Crippen LogP contribution in [-0.4, -0.2) is 44.3 Å². The Morgan fingerprint density at radius 1 is 0.929 bits per heavy atom. The number of benzene rings is 2. The third-order valence-corrected chi connectivity index (χ3v) is 8.30. The number of sulfonamides is 1. The zero-order valence-electron chi connectivity index (χ0n) is 16.9. The summed E-state index contributed by atoms with van der Waals surface area (Å²) in [6, 6.07) is 14.5. The lowest BCUT2D eigenvalue weighted by atomic mass is 9.88. The van der Waals surface area contributed by atoms with Crippen LogP contribution in [0.2, 0.25) is 0 Å². The molecule has 28 heavy (non-hydrogen) atoms. The Balaban J connectivity index is 0.00000225. The normalized spacial score (nSPS) is 25.5. The fourth-order valence-corrected chi connectivity index (χ4v) is 6.77. The van der Waals surface area contributed by atoms with E-state index in [1.807, 2.05) is 32.0 Å². The number of halogens is 1. The molecule has 2 aromatic rings. The molecule has 0 bridgehead atoms. The van der Waals surface area contributed by atoms with Crippen LogP contribution in [0.4, 0.5) is 0 Å². The summed E-state index contributed by atoms with van der Waals surface area (Å²) in [4.78, 5) is 2.86. The molecule has 2 aliphatic heterocycles. The van der Waals surface area contributed by atoms with Crippen molar-refractivity contribution in [1.29, 1.82) is 0 Å². The molecule has 0 amide bonds. The van der Waals surface area contributed by atoms with Gasteiger partial charge in [-0.05, 0) is 68.0 Å². The molecule has 0 spiro atoms. The van der Waals surface area contributed by atoms with Crippen LogP contribution in [-0.2, 0) is 10.0 Å². The van der Waals surface area contributed by atoms with Crippen LogP contribution in [0.25, 0.3) is 0 Å². The molecule has 0 radical (unpaired) electrons. The highest BCUT2D eigenvalue weighted by Crippen LogP contribution is 2.46. The Morgan fingerprint density at radius 3 is 2.36 bits per heavy atom. The van der Waals surface area contributed by atoms with E-state index in [0.717, 1.165) is 17.7 Å². The number of hydrogen-bond donors (Lipinski definition) is 0. The van der Waals surface area contributed by atoms with Crippen molar-refractivity contribution in [3.05, 3.63) is 64.7 Å². The van der Waals surface area contributed by atoms with Crippen molar-refractivity contribution >= 4 is 22.4 Å². The smallest absolute Gasteiger partial charge is 0.243 e. The molecule has 4 rings (SSSR count). The molecule has 3 atom stereocenters. The Bertz CT molecular complexity index is 976. The van der Waals surface area contributed by atoms with Gasteiger partial charge in [0.25, 0.3) is 0 Å². The summed E-state index contributed by atoms with van der Waals surface area (Å²) in [5.41, 5.74) is 4.42. The zero-order valence-corrected chi connectivity index (χ0v) is 18.6. The van der Waals surface area contributed by atoms with E-state index < -0.39 is 10.0 Å². The minimum Gasteiger partial charge on any atom is -0.299 e. The quantitative estimate of drug-likeness (QED) is 0.754. The van der Waals surface area contributed by atoms with Gasteiger partial charge in [0.2, 0.25) is 10.0 Å². The van der Waals surface area contributed by atoms with E-state index in [9.17, 15) is 8.42 Å². The van der Waals surface area contributed by atoms with E-state index in [2.05, 4.69) is 43.1 Å². The predicted molar refractivity (Wildman–Crippen MR) is 115 cm³/mol. The molecule has 2 saturated heterocycles. The van der Waals surface area contributed by atoms with E-state index in [-0.39, 0.29) is 18.4 Å². The number of nitrogens with zero attached hydrogens (tertiary/aromatic N) is 2. The largest absolute Gasteiger partial charge is 0.299 e. The fraction of sp³-hybridized carbons (Fsp3) is 0.455. The van der Waals surface area contributed by atoms with Crippen LogP contribution in [0, 0.1) is 32.6 Å². The minimum atomic E-state index is -3.45. The van der Waals surface area contributed by atoms with Gasteiger partial charge in [0.15, 0.2) is 0 Å². The van der Waals surface area contributed by atoms with Crippen LogP contribution >= 0.6 is 12.4 Å². The standard InChI is InChI=1S/C22H28N2O2S.ClH/c1-15-9-10-17(3)21(11-15)27(25,26)24-13-18-12-23(4)22(20(18)14-24)19-8-6-5-7-16(19)2;/h5-11,18,20,22H,12-14H2,1-4H3;1H/t18-,20+,22-;/m0./s1. The fourth-order valence-electron chi connectivity index (χ4n) is 4.92. The van der Waals surface area contributed by atoms with Crippen molar-refractivity contribution in [2.45, 2.75) is 31.7 Å². The Hall–Kier alpha value is -1.40. The maximum Gasteiger partial charge on any atom is 0.243 e. The zero-order chi connectivity index (χ0) is 19.3. The maximum absolute atomic E-state index is 13.3. The van der Waals surface area contributed by atoms with E-state index in [1.165, 1.54) is 11.1 Å². The molecule has 152 valence electrons. The highest BCUT2D eigenvalue weighted by Gasteiger charge is 2.49. The van der Waals surface area contributed by atoms with E-state index >= 15 is 0 Å². The van der Waals surface area contributed by atoms with Crippen molar-refractivity contribution in [2.24, 2.45) is 11.8 Å². The van der Waals surface area contributed by atoms with Gasteiger partial charge in [0.05, 0.1) is 4.90 Å². The minimum absolute atomic E-state index is 0. The summed E-state index contributed by atoms with van der Waals surface area (Å²) in [6.45, 7) is 8.14. The van der Waals surface area contributed by atoms with Gasteiger partial charge in [0, 0.05) is 25.7 Å². The van der Waals surface area contributed by atoms with Crippen LogP contribution < -0.4 is 0 Å². The van der Waals surface area contributed by atoms with Gasteiger partial charge in [-0.15, -0.1) is 12.4 Å². The number of fused-ring (bicyclic) bond motifs is 1. The summed E-state index contributed by atoms with van der Waals surface area (Å²) in [5, 5.41) is 0. The number of rotatable bonds is 3. The molecule has 0 unspecified atom stereocenters. The van der Waals surface area contributed by atoms with Crippen LogP contribution in [0.1, 0.15) is 28.3 Å². The molecule has 2 fully saturated rings. The molecule has 0 aromatic heterocycles. The first kappa shape index (κ1) is 21.3. The molecule has 0 aliphatic carbocycles. The third kappa shape index (κ3) is 3.50. The summed E-state index contributed by atoms with van der Waals surface area (Å²) >= 11 is 0. The lowest BCUT2D eigenvalue weighted by molar-refractivity contribution is 0.260. The topological polar surface area (TPSA) is 40.6 Å². The highest BCUT2D eigenvalue weighted by atomic mass is 35.5. The van der Waals surface area contributed by atoms with Crippen LogP contribution in [0.5, 0.6) is 0 Å². The van der Waals surface area contributed by atoms with Gasteiger partial charge in [-0.1, -0.05) is 36.4 Å². The molecule has 2 heterocycles. The first-order chi connectivity index (χ1) is 12.8. The Labute approximate surface area is 175 Å². The van der Waals surface area contributed by atoms with Gasteiger partial charge in [0.1, 0.15) is 0 Å².